The molecule has 1 aromatic heterocycles. The number of hydrogen-bond acceptors (Lipinski definition) is 5. The van der Waals surface area contributed by atoms with Crippen LogP contribution in [0.1, 0.15) is 28.5 Å². The Morgan fingerprint density at radius 2 is 2.07 bits per heavy atom. The number of halogens is 2. The molecule has 9 heteroatoms. The van der Waals surface area contributed by atoms with Crippen molar-refractivity contribution in [3.05, 3.63) is 65.0 Å². The van der Waals surface area contributed by atoms with Crippen LogP contribution in [0.2, 0.25) is 0 Å². The Kier molecular flexibility index (Phi) is 4.97. The van der Waals surface area contributed by atoms with Crippen molar-refractivity contribution in [2.45, 2.75) is 18.9 Å². The summed E-state index contributed by atoms with van der Waals surface area (Å²) in [5.74, 6) is 2.27. The molecule has 3 rings (SSSR count). The Morgan fingerprint density at radius 1 is 1.36 bits per heavy atom. The molecule has 1 aromatic carbocycles. The van der Waals surface area contributed by atoms with E-state index in [0.29, 0.717) is 5.56 Å². The van der Waals surface area contributed by atoms with Gasteiger partial charge in [0.2, 0.25) is 5.96 Å². The SMILES string of the molecule is C=S1(=O)C[C@@](C)(c2cc(CC(=O)c3ccc(F)cn3)ccc2F)N=C(N)N1C. The molecule has 28 heavy (non-hydrogen) atoms. The van der Waals surface area contributed by atoms with Crippen LogP contribution in [-0.4, -0.2) is 43.9 Å². The van der Waals surface area contributed by atoms with Gasteiger partial charge in [0.25, 0.3) is 0 Å². The molecule has 2 atom stereocenters. The molecular formula is C19H20F2N4O2S. The van der Waals surface area contributed by atoms with E-state index >= 15 is 0 Å². The van der Waals surface area contributed by atoms with Crippen LogP contribution < -0.4 is 5.73 Å². The molecule has 0 aliphatic carbocycles. The van der Waals surface area contributed by atoms with Crippen LogP contribution in [0.3, 0.4) is 0 Å². The smallest absolute Gasteiger partial charge is 0.203 e. The third kappa shape index (κ3) is 3.75. The average molecular weight is 406 g/mol. The van der Waals surface area contributed by atoms with E-state index in [-0.39, 0.29) is 35.2 Å². The largest absolute Gasteiger partial charge is 0.369 e. The standard InChI is InChI=1S/C19H20F2N4O2S/c1-19(11-28(3,27)25(2)18(22)24-19)14-8-12(4-6-15(14)21)9-17(26)16-7-5-13(20)10-23-16/h4-8,10H,3,9,11H2,1-2H3,(H2,22,24)/t19-,28?/m0/s1. The Balaban J connectivity index is 1.96. The summed E-state index contributed by atoms with van der Waals surface area (Å²) in [6.45, 7) is 1.63. The third-order valence-electron chi connectivity index (χ3n) is 4.68. The highest BCUT2D eigenvalue weighted by Gasteiger charge is 2.38. The van der Waals surface area contributed by atoms with Gasteiger partial charge in [-0.3, -0.25) is 14.1 Å². The third-order valence-corrected chi connectivity index (χ3v) is 6.88. The molecule has 0 spiro atoms. The summed E-state index contributed by atoms with van der Waals surface area (Å²) in [7, 11) is -1.25. The van der Waals surface area contributed by atoms with Gasteiger partial charge in [-0.05, 0) is 42.6 Å². The number of ketones is 1. The number of pyridine rings is 1. The van der Waals surface area contributed by atoms with Crippen molar-refractivity contribution in [2.75, 3.05) is 12.8 Å². The number of nitrogens with zero attached hydrogens (tertiary/aromatic N) is 3. The summed E-state index contributed by atoms with van der Waals surface area (Å²) in [6, 6.07) is 6.67. The summed E-state index contributed by atoms with van der Waals surface area (Å²) in [4.78, 5) is 20.5. The lowest BCUT2D eigenvalue weighted by Gasteiger charge is -2.37. The Bertz CT molecular complexity index is 1070. The lowest BCUT2D eigenvalue weighted by Crippen LogP contribution is -2.50. The van der Waals surface area contributed by atoms with Gasteiger partial charge in [-0.2, -0.15) is 0 Å². The number of benzene rings is 1. The molecule has 0 saturated carbocycles. The maximum Gasteiger partial charge on any atom is 0.203 e. The molecular weight excluding hydrogens is 386 g/mol. The number of rotatable bonds is 4. The first-order chi connectivity index (χ1) is 13.0. The van der Waals surface area contributed by atoms with Crippen LogP contribution in [0.25, 0.3) is 0 Å². The number of aromatic nitrogens is 1. The van der Waals surface area contributed by atoms with E-state index in [2.05, 4.69) is 15.8 Å². The lowest BCUT2D eigenvalue weighted by molar-refractivity contribution is 0.0988. The van der Waals surface area contributed by atoms with Crippen molar-refractivity contribution >= 4 is 27.3 Å². The molecule has 6 nitrogen and oxygen atoms in total. The predicted octanol–water partition coefficient (Wildman–Crippen LogP) is 1.89. The summed E-state index contributed by atoms with van der Waals surface area (Å²) in [6.07, 6.45) is 0.909. The highest BCUT2D eigenvalue weighted by Crippen LogP contribution is 2.34. The van der Waals surface area contributed by atoms with Gasteiger partial charge in [0.1, 0.15) is 22.9 Å². The number of carbonyl (C=O) groups excluding carboxylic acids is 1. The van der Waals surface area contributed by atoms with Gasteiger partial charge in [-0.25, -0.2) is 18.0 Å². The van der Waals surface area contributed by atoms with Gasteiger partial charge in [0.05, 0.1) is 21.7 Å². The van der Waals surface area contributed by atoms with Crippen molar-refractivity contribution in [1.82, 2.24) is 9.29 Å². The van der Waals surface area contributed by atoms with Gasteiger partial charge in [0.15, 0.2) is 5.78 Å². The van der Waals surface area contributed by atoms with E-state index in [0.717, 1.165) is 12.3 Å². The maximum absolute atomic E-state index is 14.6. The minimum Gasteiger partial charge on any atom is -0.369 e. The maximum atomic E-state index is 14.6. The molecule has 0 radical (unpaired) electrons. The summed E-state index contributed by atoms with van der Waals surface area (Å²) in [5.41, 5.74) is 5.49. The van der Waals surface area contributed by atoms with Crippen molar-refractivity contribution in [2.24, 2.45) is 10.7 Å². The molecule has 2 N–H and O–H groups in total. The van der Waals surface area contributed by atoms with E-state index < -0.39 is 26.9 Å². The van der Waals surface area contributed by atoms with Crippen LogP contribution in [0.15, 0.2) is 41.5 Å². The van der Waals surface area contributed by atoms with Gasteiger partial charge in [-0.15, -0.1) is 0 Å². The van der Waals surface area contributed by atoms with E-state index in [1.165, 1.54) is 35.6 Å². The first kappa shape index (κ1) is 19.9. The number of carbonyl (C=O) groups is 1. The summed E-state index contributed by atoms with van der Waals surface area (Å²) < 4.78 is 41.6. The predicted molar refractivity (Wildman–Crippen MR) is 105 cm³/mol. The second kappa shape index (κ2) is 6.97. The van der Waals surface area contributed by atoms with Gasteiger partial charge < -0.3 is 5.73 Å². The summed E-state index contributed by atoms with van der Waals surface area (Å²) >= 11 is 0. The average Bonchev–Trinajstić information content (AvgIpc) is 2.61. The molecule has 0 amide bonds. The van der Waals surface area contributed by atoms with Gasteiger partial charge in [0, 0.05) is 19.0 Å². The number of aliphatic imine (C=N–C) groups is 1. The molecule has 1 unspecified atom stereocenters. The van der Waals surface area contributed by atoms with Gasteiger partial charge >= 0.3 is 0 Å². The van der Waals surface area contributed by atoms with Crippen molar-refractivity contribution < 1.29 is 17.8 Å². The highest BCUT2D eigenvalue weighted by molar-refractivity contribution is 7.98. The Morgan fingerprint density at radius 3 is 2.68 bits per heavy atom. The van der Waals surface area contributed by atoms with Crippen molar-refractivity contribution in [3.8, 4) is 0 Å². The molecule has 148 valence electrons. The normalized spacial score (nSPS) is 24.7. The highest BCUT2D eigenvalue weighted by atomic mass is 32.2. The number of Topliss-reactive ketones (excluding diaryl/α,β-unsaturated/α-hetero) is 1. The number of guanidine groups is 1. The van der Waals surface area contributed by atoms with E-state index in [9.17, 15) is 17.8 Å². The Hall–Kier alpha value is -2.81. The van der Waals surface area contributed by atoms with Crippen LogP contribution in [0.4, 0.5) is 8.78 Å². The molecule has 1 aliphatic heterocycles. The summed E-state index contributed by atoms with van der Waals surface area (Å²) in [5, 5.41) is 0. The van der Waals surface area contributed by atoms with Gasteiger partial charge in [-0.1, -0.05) is 6.07 Å². The fraction of sp³-hybridized carbons (Fsp3) is 0.263. The molecule has 2 aromatic rings. The topological polar surface area (TPSA) is 88.6 Å². The zero-order chi connectivity index (χ0) is 20.7. The van der Waals surface area contributed by atoms with Crippen LogP contribution in [0, 0.1) is 11.6 Å². The first-order valence-electron chi connectivity index (χ1n) is 8.40. The zero-order valence-corrected chi connectivity index (χ0v) is 16.3. The number of hydrogen-bond donors (Lipinski definition) is 1. The minimum atomic E-state index is -2.77. The number of nitrogens with two attached hydrogens (primary N) is 1. The molecule has 0 bridgehead atoms. The molecule has 2 heterocycles. The quantitative estimate of drug-likeness (QED) is 0.620. The van der Waals surface area contributed by atoms with Crippen molar-refractivity contribution in [1.29, 1.82) is 0 Å². The second-order valence-corrected chi connectivity index (χ2v) is 9.32. The molecule has 0 fully saturated rings. The molecule has 1 aliphatic rings. The fourth-order valence-electron chi connectivity index (χ4n) is 3.11. The van der Waals surface area contributed by atoms with E-state index in [1.807, 2.05) is 0 Å². The first-order valence-corrected chi connectivity index (χ1v) is 10.2. The lowest BCUT2D eigenvalue weighted by atomic mass is 9.91. The van der Waals surface area contributed by atoms with Crippen LogP contribution in [0.5, 0.6) is 0 Å². The Labute approximate surface area is 162 Å². The van der Waals surface area contributed by atoms with E-state index in [4.69, 9.17) is 5.73 Å². The fourth-order valence-corrected chi connectivity index (χ4v) is 4.79. The minimum absolute atomic E-state index is 0.00476. The van der Waals surface area contributed by atoms with Crippen LogP contribution >= 0.6 is 0 Å². The monoisotopic (exact) mass is 406 g/mol. The molecule has 0 saturated heterocycles. The van der Waals surface area contributed by atoms with Crippen molar-refractivity contribution in [3.63, 3.8) is 0 Å². The van der Waals surface area contributed by atoms with Crippen LogP contribution in [-0.2, 0) is 21.7 Å². The zero-order valence-electron chi connectivity index (χ0n) is 15.5. The second-order valence-electron chi connectivity index (χ2n) is 6.93. The van der Waals surface area contributed by atoms with E-state index in [1.54, 1.807) is 6.92 Å².